The van der Waals surface area contributed by atoms with Crippen molar-refractivity contribution in [3.05, 3.63) is 60.4 Å². The van der Waals surface area contributed by atoms with Crippen molar-refractivity contribution in [3.8, 4) is 32.3 Å². The zero-order chi connectivity index (χ0) is 37.8. The van der Waals surface area contributed by atoms with Gasteiger partial charge in [-0.15, -0.1) is 11.3 Å². The summed E-state index contributed by atoms with van der Waals surface area (Å²) in [5, 5.41) is 5.39. The van der Waals surface area contributed by atoms with Crippen molar-refractivity contribution in [3.63, 3.8) is 0 Å². The molecule has 15 heteroatoms. The van der Waals surface area contributed by atoms with Crippen LogP contribution in [0.3, 0.4) is 0 Å². The highest BCUT2D eigenvalue weighted by atomic mass is 32.1. The van der Waals surface area contributed by atoms with Crippen molar-refractivity contribution >= 4 is 35.3 Å². The zero-order valence-electron chi connectivity index (χ0n) is 31.0. The van der Waals surface area contributed by atoms with E-state index in [1.165, 1.54) is 14.2 Å². The van der Waals surface area contributed by atoms with Gasteiger partial charge in [-0.1, -0.05) is 52.0 Å². The Morgan fingerprint density at radius 3 is 1.64 bits per heavy atom. The normalized spacial score (nSPS) is 18.3. The average molecular weight is 745 g/mol. The first-order valence-corrected chi connectivity index (χ1v) is 18.9. The summed E-state index contributed by atoms with van der Waals surface area (Å²) in [6.45, 7) is 8.79. The number of rotatable bonds is 11. The zero-order valence-corrected chi connectivity index (χ0v) is 31.8. The smallest absolute Gasteiger partial charge is 0.407 e. The predicted octanol–water partition coefficient (Wildman–Crippen LogP) is 6.28. The second-order valence-electron chi connectivity index (χ2n) is 14.2. The van der Waals surface area contributed by atoms with E-state index in [2.05, 4.69) is 67.0 Å². The lowest BCUT2D eigenvalue weighted by Crippen LogP contribution is -2.51. The Hall–Kier alpha value is -5.18. The van der Waals surface area contributed by atoms with E-state index in [1.807, 2.05) is 38.8 Å². The highest BCUT2D eigenvalue weighted by Gasteiger charge is 2.39. The third-order valence-electron chi connectivity index (χ3n) is 10.0. The summed E-state index contributed by atoms with van der Waals surface area (Å²) in [5.41, 5.74) is 3.78. The van der Waals surface area contributed by atoms with E-state index in [1.54, 1.807) is 22.4 Å². The van der Waals surface area contributed by atoms with Gasteiger partial charge in [0.2, 0.25) is 11.8 Å². The third-order valence-corrected chi connectivity index (χ3v) is 11.2. The van der Waals surface area contributed by atoms with Gasteiger partial charge >= 0.3 is 12.2 Å². The Labute approximate surface area is 313 Å². The number of nitrogens with zero attached hydrogens (tertiary/aromatic N) is 4. The molecule has 0 saturated carbocycles. The fourth-order valence-corrected chi connectivity index (χ4v) is 8.10. The van der Waals surface area contributed by atoms with Gasteiger partial charge in [-0.25, -0.2) is 19.6 Å². The molecule has 2 fully saturated rings. The summed E-state index contributed by atoms with van der Waals surface area (Å²) in [5.74, 6) is 0.962. The van der Waals surface area contributed by atoms with E-state index in [0.717, 1.165) is 69.6 Å². The lowest BCUT2D eigenvalue weighted by molar-refractivity contribution is -0.136. The second-order valence-corrected chi connectivity index (χ2v) is 15.3. The number of likely N-dealkylation sites (tertiary alicyclic amines) is 2. The van der Waals surface area contributed by atoms with E-state index in [0.29, 0.717) is 13.1 Å². The monoisotopic (exact) mass is 744 g/mol. The van der Waals surface area contributed by atoms with Crippen molar-refractivity contribution in [2.24, 2.45) is 11.8 Å². The molecule has 0 radical (unpaired) electrons. The number of thiophene rings is 1. The molecule has 2 saturated heterocycles. The Morgan fingerprint density at radius 1 is 0.698 bits per heavy atom. The number of methoxy groups -OCH3 is 2. The SMILES string of the molecule is COC(=O)NC(C(=O)N1CCC[C@H]1c1ncc(-c2ccc(-c3ccc(-c4cnc([C@@H]5CCCN5C(=O)[C@@H](NC(=O)OC)C(C)C)[nH]4)s3)cc2)[nH]1)C(C)C. The number of carbonyl (C=O) groups excluding carboxylic acids is 4. The van der Waals surface area contributed by atoms with Gasteiger partial charge in [-0.2, -0.15) is 0 Å². The Balaban J connectivity index is 1.12. The van der Waals surface area contributed by atoms with Crippen molar-refractivity contribution in [2.75, 3.05) is 27.3 Å². The molecule has 0 bridgehead atoms. The molecular formula is C38H48N8O6S. The molecule has 14 nitrogen and oxygen atoms in total. The number of H-pyrrole nitrogens is 2. The topological polar surface area (TPSA) is 175 Å². The minimum atomic E-state index is -0.688. The molecule has 3 aromatic heterocycles. The van der Waals surface area contributed by atoms with Crippen LogP contribution in [0.4, 0.5) is 9.59 Å². The fourth-order valence-electron chi connectivity index (χ4n) is 7.12. The van der Waals surface area contributed by atoms with Gasteiger partial charge in [0.15, 0.2) is 0 Å². The first kappa shape index (κ1) is 37.6. The van der Waals surface area contributed by atoms with Gasteiger partial charge in [0.05, 0.1) is 55.0 Å². The van der Waals surface area contributed by atoms with E-state index < -0.39 is 24.3 Å². The Kier molecular flexibility index (Phi) is 11.5. The van der Waals surface area contributed by atoms with E-state index in [4.69, 9.17) is 9.47 Å². The summed E-state index contributed by atoms with van der Waals surface area (Å²) in [6.07, 6.45) is 5.63. The highest BCUT2D eigenvalue weighted by molar-refractivity contribution is 7.18. The number of imidazole rings is 2. The third kappa shape index (κ3) is 8.09. The molecule has 1 aromatic carbocycles. The van der Waals surface area contributed by atoms with Crippen molar-refractivity contribution < 1.29 is 28.7 Å². The average Bonchev–Trinajstić information content (AvgIpc) is 4.00. The second kappa shape index (κ2) is 16.2. The summed E-state index contributed by atoms with van der Waals surface area (Å²) < 4.78 is 9.50. The van der Waals surface area contributed by atoms with Crippen LogP contribution in [-0.4, -0.2) is 93.1 Å². The Bertz CT molecular complexity index is 1920. The molecule has 1 unspecified atom stereocenters. The van der Waals surface area contributed by atoms with Gasteiger partial charge in [0.1, 0.15) is 23.7 Å². The van der Waals surface area contributed by atoms with Crippen LogP contribution in [0.2, 0.25) is 0 Å². The molecule has 5 heterocycles. The molecule has 4 aromatic rings. The molecule has 6 rings (SSSR count). The quantitative estimate of drug-likeness (QED) is 0.139. The number of aromatic nitrogens is 4. The first-order valence-electron chi connectivity index (χ1n) is 18.1. The van der Waals surface area contributed by atoms with Crippen LogP contribution in [0.15, 0.2) is 48.8 Å². The van der Waals surface area contributed by atoms with Gasteiger partial charge in [0.25, 0.3) is 0 Å². The maximum atomic E-state index is 13.5. The van der Waals surface area contributed by atoms with E-state index in [-0.39, 0.29) is 35.7 Å². The largest absolute Gasteiger partial charge is 0.453 e. The maximum Gasteiger partial charge on any atom is 0.407 e. The molecule has 2 aliphatic heterocycles. The molecule has 2 aliphatic rings. The van der Waals surface area contributed by atoms with Gasteiger partial charge in [-0.05, 0) is 60.8 Å². The van der Waals surface area contributed by atoms with E-state index >= 15 is 0 Å². The van der Waals surface area contributed by atoms with Crippen LogP contribution in [0.25, 0.3) is 32.3 Å². The molecule has 4 N–H and O–H groups in total. The molecule has 282 valence electrons. The number of amides is 4. The number of hydrogen-bond acceptors (Lipinski definition) is 9. The minimum absolute atomic E-state index is 0.104. The molecule has 4 amide bonds. The van der Waals surface area contributed by atoms with Crippen molar-refractivity contribution in [1.82, 2.24) is 40.4 Å². The van der Waals surface area contributed by atoms with Gasteiger partial charge in [-0.3, -0.25) is 9.59 Å². The molecule has 4 atom stereocenters. The van der Waals surface area contributed by atoms with Crippen LogP contribution in [0.1, 0.15) is 77.1 Å². The van der Waals surface area contributed by atoms with Gasteiger partial charge < -0.3 is 39.9 Å². The lowest BCUT2D eigenvalue weighted by atomic mass is 10.0. The maximum absolute atomic E-state index is 13.5. The molecule has 53 heavy (non-hydrogen) atoms. The predicted molar refractivity (Wildman–Crippen MR) is 201 cm³/mol. The fraction of sp³-hybridized carbons (Fsp3) is 0.474. The minimum Gasteiger partial charge on any atom is -0.453 e. The summed E-state index contributed by atoms with van der Waals surface area (Å²) >= 11 is 1.65. The molecule has 0 spiro atoms. The summed E-state index contributed by atoms with van der Waals surface area (Å²) in [7, 11) is 2.58. The molecular weight excluding hydrogens is 697 g/mol. The van der Waals surface area contributed by atoms with Crippen LogP contribution in [-0.2, 0) is 19.1 Å². The van der Waals surface area contributed by atoms with Crippen LogP contribution in [0, 0.1) is 11.8 Å². The Morgan fingerprint density at radius 2 is 1.15 bits per heavy atom. The van der Waals surface area contributed by atoms with Crippen LogP contribution < -0.4 is 10.6 Å². The van der Waals surface area contributed by atoms with Crippen molar-refractivity contribution in [2.45, 2.75) is 77.5 Å². The van der Waals surface area contributed by atoms with Crippen LogP contribution in [0.5, 0.6) is 0 Å². The van der Waals surface area contributed by atoms with Gasteiger partial charge in [0, 0.05) is 18.0 Å². The summed E-state index contributed by atoms with van der Waals surface area (Å²) in [4.78, 5) is 72.9. The number of aromatic amines is 2. The van der Waals surface area contributed by atoms with E-state index in [9.17, 15) is 19.2 Å². The number of benzene rings is 1. The number of ether oxygens (including phenoxy) is 2. The number of nitrogens with one attached hydrogen (secondary N) is 4. The first-order chi connectivity index (χ1) is 25.5. The summed E-state index contributed by atoms with van der Waals surface area (Å²) in [6, 6.07) is 10.6. The lowest BCUT2D eigenvalue weighted by Gasteiger charge is -2.30. The number of hydrogen-bond donors (Lipinski definition) is 4. The van der Waals surface area contributed by atoms with Crippen LogP contribution >= 0.6 is 11.3 Å². The number of alkyl carbamates (subject to hydrolysis) is 2. The number of carbonyl (C=O) groups is 4. The standard InChI is InChI=1S/C38H48N8O6S/c1-21(2)31(43-37(49)51-5)35(47)45-17-7-9-27(45)33-39-19-25(41-33)23-11-13-24(14-12-23)29-15-16-30(53-29)26-20-40-34(42-26)28-10-8-18-46(28)36(48)32(22(3)4)44-38(50)52-6/h11-16,19-22,27-28,31-32H,7-10,17-18H2,1-6H3,(H,39,41)(H,40,42)(H,43,49)(H,44,50)/t27-,28-,31?,32-/m0/s1. The van der Waals surface area contributed by atoms with Crippen molar-refractivity contribution in [1.29, 1.82) is 0 Å². The highest BCUT2D eigenvalue weighted by Crippen LogP contribution is 2.38. The molecule has 0 aliphatic carbocycles.